The van der Waals surface area contributed by atoms with E-state index in [1.54, 1.807) is 43.3 Å². The lowest BCUT2D eigenvalue weighted by molar-refractivity contribution is -0.115. The number of amides is 1. The van der Waals surface area contributed by atoms with E-state index in [1.165, 1.54) is 10.4 Å². The maximum atomic E-state index is 13.1. The number of halogens is 1. The molecule has 3 rings (SSSR count). The molecule has 7 nitrogen and oxygen atoms in total. The van der Waals surface area contributed by atoms with E-state index in [-0.39, 0.29) is 36.1 Å². The normalized spacial score (nSPS) is 15.1. The predicted molar refractivity (Wildman–Crippen MR) is 111 cm³/mol. The first kappa shape index (κ1) is 21.6. The van der Waals surface area contributed by atoms with E-state index in [1.807, 2.05) is 0 Å². The molecule has 1 saturated heterocycles. The fourth-order valence-electron chi connectivity index (χ4n) is 3.01. The van der Waals surface area contributed by atoms with Gasteiger partial charge in [0.25, 0.3) is 0 Å². The highest BCUT2D eigenvalue weighted by Crippen LogP contribution is 2.30. The summed E-state index contributed by atoms with van der Waals surface area (Å²) in [5.41, 5.74) is 1.07. The number of rotatable bonds is 7. The van der Waals surface area contributed by atoms with Gasteiger partial charge in [0.15, 0.2) is 0 Å². The molecule has 0 saturated carbocycles. The van der Waals surface area contributed by atoms with Crippen molar-refractivity contribution in [2.45, 2.75) is 18.2 Å². The van der Waals surface area contributed by atoms with E-state index in [0.29, 0.717) is 36.1 Å². The molecule has 9 heteroatoms. The van der Waals surface area contributed by atoms with Gasteiger partial charge in [-0.3, -0.25) is 4.79 Å². The molecule has 29 heavy (non-hydrogen) atoms. The van der Waals surface area contributed by atoms with Crippen LogP contribution < -0.4 is 10.1 Å². The summed E-state index contributed by atoms with van der Waals surface area (Å²) in [6.45, 7) is 3.34. The van der Waals surface area contributed by atoms with Gasteiger partial charge >= 0.3 is 0 Å². The Balaban J connectivity index is 1.84. The van der Waals surface area contributed by atoms with Gasteiger partial charge in [0, 0.05) is 23.8 Å². The number of morpholine rings is 1. The largest absolute Gasteiger partial charge is 0.492 e. The quantitative estimate of drug-likeness (QED) is 0.718. The van der Waals surface area contributed by atoms with Crippen LogP contribution in [0.1, 0.15) is 12.5 Å². The maximum absolute atomic E-state index is 13.1. The minimum Gasteiger partial charge on any atom is -0.492 e. The van der Waals surface area contributed by atoms with Crippen molar-refractivity contribution in [1.82, 2.24) is 4.31 Å². The highest BCUT2D eigenvalue weighted by Gasteiger charge is 2.29. The number of hydrogen-bond acceptors (Lipinski definition) is 5. The molecule has 2 aromatic carbocycles. The van der Waals surface area contributed by atoms with Crippen LogP contribution >= 0.6 is 11.6 Å². The minimum atomic E-state index is -3.78. The third kappa shape index (κ3) is 5.27. The average molecular weight is 439 g/mol. The Bertz CT molecular complexity index is 975. The van der Waals surface area contributed by atoms with Crippen LogP contribution in [0, 0.1) is 0 Å². The van der Waals surface area contributed by atoms with E-state index in [9.17, 15) is 13.2 Å². The summed E-state index contributed by atoms with van der Waals surface area (Å²) in [4.78, 5) is 12.5. The molecule has 0 spiro atoms. The Labute approximate surface area is 175 Å². The van der Waals surface area contributed by atoms with Crippen LogP contribution in [0.2, 0.25) is 5.02 Å². The maximum Gasteiger partial charge on any atom is 0.246 e. The number of benzene rings is 2. The number of ether oxygens (including phenoxy) is 2. The Morgan fingerprint density at radius 2 is 1.93 bits per heavy atom. The molecule has 0 unspecified atom stereocenters. The highest BCUT2D eigenvalue weighted by atomic mass is 35.5. The van der Waals surface area contributed by atoms with E-state index in [4.69, 9.17) is 21.1 Å². The van der Waals surface area contributed by atoms with Crippen molar-refractivity contribution in [3.63, 3.8) is 0 Å². The first-order chi connectivity index (χ1) is 13.9. The summed E-state index contributed by atoms with van der Waals surface area (Å²) in [5.74, 6) is -0.0416. The zero-order valence-corrected chi connectivity index (χ0v) is 17.6. The molecule has 1 fully saturated rings. The second-order valence-corrected chi connectivity index (χ2v) is 8.74. The topological polar surface area (TPSA) is 84.9 Å². The predicted octanol–water partition coefficient (Wildman–Crippen LogP) is 2.94. The Kier molecular flexibility index (Phi) is 7.13. The van der Waals surface area contributed by atoms with Gasteiger partial charge in [0.05, 0.1) is 26.2 Å². The molecular formula is C20H23ClN2O5S. The van der Waals surface area contributed by atoms with Crippen LogP contribution in [0.25, 0.3) is 0 Å². The second kappa shape index (κ2) is 9.58. The van der Waals surface area contributed by atoms with Crippen molar-refractivity contribution in [1.29, 1.82) is 0 Å². The summed E-state index contributed by atoms with van der Waals surface area (Å²) in [6, 6.07) is 11.7. The number of carbonyl (C=O) groups is 1. The number of sulfonamides is 1. The minimum absolute atomic E-state index is 0.0248. The molecule has 1 N–H and O–H groups in total. The molecule has 156 valence electrons. The molecule has 0 radical (unpaired) electrons. The Morgan fingerprint density at radius 1 is 1.21 bits per heavy atom. The van der Waals surface area contributed by atoms with Crippen LogP contribution in [-0.4, -0.2) is 51.5 Å². The van der Waals surface area contributed by atoms with E-state index >= 15 is 0 Å². The van der Waals surface area contributed by atoms with Crippen molar-refractivity contribution in [3.8, 4) is 5.75 Å². The third-order valence-corrected chi connectivity index (χ3v) is 6.71. The number of nitrogens with zero attached hydrogens (tertiary/aromatic N) is 1. The molecule has 0 aliphatic carbocycles. The van der Waals surface area contributed by atoms with Crippen LogP contribution in [-0.2, 0) is 26.0 Å². The van der Waals surface area contributed by atoms with Gasteiger partial charge in [-0.2, -0.15) is 4.31 Å². The van der Waals surface area contributed by atoms with Crippen molar-refractivity contribution in [2.75, 3.05) is 38.2 Å². The highest BCUT2D eigenvalue weighted by molar-refractivity contribution is 7.89. The standard InChI is InChI=1S/C20H23ClN2O5S/c1-2-28-18-8-7-16(22-20(24)13-15-5-3-4-6-17(15)21)14-19(18)29(25,26)23-9-11-27-12-10-23/h3-8,14H,2,9-13H2,1H3,(H,22,24). The number of hydrogen-bond donors (Lipinski definition) is 1. The zero-order valence-electron chi connectivity index (χ0n) is 16.1. The third-order valence-electron chi connectivity index (χ3n) is 4.42. The Morgan fingerprint density at radius 3 is 2.62 bits per heavy atom. The molecule has 1 heterocycles. The first-order valence-corrected chi connectivity index (χ1v) is 11.1. The molecule has 1 amide bonds. The molecular weight excluding hydrogens is 416 g/mol. The zero-order chi connectivity index (χ0) is 20.9. The lowest BCUT2D eigenvalue weighted by Gasteiger charge is -2.27. The second-order valence-electron chi connectivity index (χ2n) is 6.43. The molecule has 0 atom stereocenters. The fraction of sp³-hybridized carbons (Fsp3) is 0.350. The Hall–Kier alpha value is -2.13. The summed E-state index contributed by atoms with van der Waals surface area (Å²) in [6.07, 6.45) is 0.0818. The van der Waals surface area contributed by atoms with Gasteiger partial charge in [-0.25, -0.2) is 8.42 Å². The number of nitrogens with one attached hydrogen (secondary N) is 1. The fourth-order valence-corrected chi connectivity index (χ4v) is 4.78. The van der Waals surface area contributed by atoms with E-state index in [2.05, 4.69) is 5.32 Å². The molecule has 0 aromatic heterocycles. The molecule has 1 aliphatic heterocycles. The SMILES string of the molecule is CCOc1ccc(NC(=O)Cc2ccccc2Cl)cc1S(=O)(=O)N1CCOCC1. The van der Waals surface area contributed by atoms with E-state index < -0.39 is 10.0 Å². The van der Waals surface area contributed by atoms with Gasteiger partial charge in [-0.15, -0.1) is 0 Å². The lowest BCUT2D eigenvalue weighted by Crippen LogP contribution is -2.40. The van der Waals surface area contributed by atoms with Gasteiger partial charge < -0.3 is 14.8 Å². The lowest BCUT2D eigenvalue weighted by atomic mass is 10.1. The first-order valence-electron chi connectivity index (χ1n) is 9.30. The number of anilines is 1. The van der Waals surface area contributed by atoms with Crippen LogP contribution in [0.4, 0.5) is 5.69 Å². The van der Waals surface area contributed by atoms with Crippen molar-refractivity contribution >= 4 is 33.2 Å². The van der Waals surface area contributed by atoms with Crippen LogP contribution in [0.15, 0.2) is 47.4 Å². The van der Waals surface area contributed by atoms with Gasteiger partial charge in [-0.1, -0.05) is 29.8 Å². The molecule has 0 bridgehead atoms. The summed E-state index contributed by atoms with van der Waals surface area (Å²) >= 11 is 6.11. The molecule has 1 aliphatic rings. The van der Waals surface area contributed by atoms with Gasteiger partial charge in [-0.05, 0) is 36.8 Å². The molecule has 2 aromatic rings. The van der Waals surface area contributed by atoms with Crippen molar-refractivity contribution < 1.29 is 22.7 Å². The monoisotopic (exact) mass is 438 g/mol. The number of carbonyl (C=O) groups excluding carboxylic acids is 1. The van der Waals surface area contributed by atoms with E-state index in [0.717, 1.165) is 0 Å². The van der Waals surface area contributed by atoms with Gasteiger partial charge in [0.1, 0.15) is 10.6 Å². The van der Waals surface area contributed by atoms with Gasteiger partial charge in [0.2, 0.25) is 15.9 Å². The summed E-state index contributed by atoms with van der Waals surface area (Å²) in [5, 5.41) is 3.25. The van der Waals surface area contributed by atoms with Crippen molar-refractivity contribution in [2.24, 2.45) is 0 Å². The average Bonchev–Trinajstić information content (AvgIpc) is 2.71. The van der Waals surface area contributed by atoms with Crippen LogP contribution in [0.5, 0.6) is 5.75 Å². The summed E-state index contributed by atoms with van der Waals surface area (Å²) in [7, 11) is -3.78. The van der Waals surface area contributed by atoms with Crippen LogP contribution in [0.3, 0.4) is 0 Å². The smallest absolute Gasteiger partial charge is 0.246 e. The summed E-state index contributed by atoms with van der Waals surface area (Å²) < 4.78 is 38.4. The van der Waals surface area contributed by atoms with Crippen molar-refractivity contribution in [3.05, 3.63) is 53.1 Å².